The molecule has 0 aromatic heterocycles. The number of aliphatic hydroxyl groups excluding tert-OH is 1. The minimum absolute atomic E-state index is 0.135. The highest BCUT2D eigenvalue weighted by Gasteiger charge is 2.34. The molecule has 0 radical (unpaired) electrons. The second-order valence-electron chi connectivity index (χ2n) is 6.06. The van der Waals surface area contributed by atoms with Crippen molar-refractivity contribution < 1.29 is 29.0 Å². The zero-order valence-electron chi connectivity index (χ0n) is 17.2. The highest BCUT2D eigenvalue weighted by Crippen LogP contribution is 2.18. The Kier molecular flexibility index (Phi) is 11.9. The Morgan fingerprint density at radius 3 is 2.41 bits per heavy atom. The fraction of sp³-hybridized carbons (Fsp3) is 0.550. The van der Waals surface area contributed by atoms with Crippen LogP contribution in [0.15, 0.2) is 35.5 Å². The maximum atomic E-state index is 12.5. The van der Waals surface area contributed by atoms with Gasteiger partial charge >= 0.3 is 12.2 Å². The summed E-state index contributed by atoms with van der Waals surface area (Å²) < 4.78 is 9.96. The topological polar surface area (TPSA) is 110 Å². The number of hydrazine groups is 1. The summed E-state index contributed by atoms with van der Waals surface area (Å²) >= 11 is 0. The van der Waals surface area contributed by atoms with Crippen LogP contribution in [0.3, 0.4) is 0 Å². The quantitative estimate of drug-likeness (QED) is 0.429. The first-order chi connectivity index (χ1) is 14.1. The molecule has 1 aromatic carbocycles. The van der Waals surface area contributed by atoms with E-state index in [-0.39, 0.29) is 26.2 Å². The van der Waals surface area contributed by atoms with E-state index < -0.39 is 24.3 Å². The molecule has 0 saturated heterocycles. The van der Waals surface area contributed by atoms with Crippen LogP contribution in [-0.2, 0) is 14.3 Å². The number of aliphatic hydroxyl groups is 1. The van der Waals surface area contributed by atoms with Gasteiger partial charge in [-0.25, -0.2) is 20.0 Å². The molecule has 0 aliphatic rings. The Morgan fingerprint density at radius 2 is 1.83 bits per heavy atom. The molecule has 1 aromatic rings. The maximum Gasteiger partial charge on any atom is 0.429 e. The molecule has 2 amide bonds. The molecule has 2 atom stereocenters. The second-order valence-corrected chi connectivity index (χ2v) is 6.06. The molecule has 9 nitrogen and oxygen atoms in total. The summed E-state index contributed by atoms with van der Waals surface area (Å²) in [7, 11) is 0. The number of hydrogen-bond acceptors (Lipinski definition) is 7. The number of oxime groups is 1. The number of nitrogens with zero attached hydrogens (tertiary/aromatic N) is 2. The van der Waals surface area contributed by atoms with Crippen molar-refractivity contribution in [3.05, 3.63) is 35.9 Å². The van der Waals surface area contributed by atoms with E-state index in [0.29, 0.717) is 12.8 Å². The normalized spacial score (nSPS) is 12.8. The molecule has 162 valence electrons. The number of carbonyl (C=O) groups is 2. The SMILES string of the molecule is CCC[C@H]([C@H](CCO)O/N=C/c1ccccc1)N(NC(=O)OCC)C(=O)OCC. The van der Waals surface area contributed by atoms with Gasteiger partial charge in [0, 0.05) is 13.0 Å². The Morgan fingerprint density at radius 1 is 1.14 bits per heavy atom. The maximum absolute atomic E-state index is 12.5. The van der Waals surface area contributed by atoms with E-state index in [9.17, 15) is 14.7 Å². The minimum atomic E-state index is -0.780. The van der Waals surface area contributed by atoms with Gasteiger partial charge in [-0.05, 0) is 25.8 Å². The van der Waals surface area contributed by atoms with Crippen molar-refractivity contribution in [2.45, 2.75) is 52.2 Å². The van der Waals surface area contributed by atoms with E-state index in [1.165, 1.54) is 0 Å². The molecule has 0 aliphatic heterocycles. The molecule has 0 aliphatic carbocycles. The van der Waals surface area contributed by atoms with Crippen LogP contribution in [0.2, 0.25) is 0 Å². The number of ether oxygens (including phenoxy) is 2. The summed E-state index contributed by atoms with van der Waals surface area (Å²) in [4.78, 5) is 30.0. The van der Waals surface area contributed by atoms with E-state index in [1.54, 1.807) is 20.1 Å². The van der Waals surface area contributed by atoms with Gasteiger partial charge < -0.3 is 19.4 Å². The summed E-state index contributed by atoms with van der Waals surface area (Å²) in [6.07, 6.45) is 0.731. The first kappa shape index (κ1) is 24.2. The first-order valence-electron chi connectivity index (χ1n) is 9.81. The third-order valence-electron chi connectivity index (χ3n) is 3.91. The van der Waals surface area contributed by atoms with Gasteiger partial charge in [0.25, 0.3) is 0 Å². The summed E-state index contributed by atoms with van der Waals surface area (Å²) in [5.74, 6) is 0. The highest BCUT2D eigenvalue weighted by molar-refractivity contribution is 5.78. The fourth-order valence-electron chi connectivity index (χ4n) is 2.65. The molecule has 2 N–H and O–H groups in total. The van der Waals surface area contributed by atoms with Crippen molar-refractivity contribution in [1.82, 2.24) is 10.4 Å². The third-order valence-corrected chi connectivity index (χ3v) is 3.91. The molecule has 9 heteroatoms. The van der Waals surface area contributed by atoms with Gasteiger partial charge in [-0.3, -0.25) is 0 Å². The van der Waals surface area contributed by atoms with E-state index in [1.807, 2.05) is 37.3 Å². The van der Waals surface area contributed by atoms with E-state index in [4.69, 9.17) is 14.3 Å². The Bertz CT molecular complexity index is 626. The van der Waals surface area contributed by atoms with Crippen molar-refractivity contribution >= 4 is 18.4 Å². The Balaban J connectivity index is 3.04. The standard InChI is InChI=1S/C20H31N3O6/c1-4-10-17(23(20(26)28-6-3)22-19(25)27-5-2)18(13-14-24)29-21-15-16-11-8-7-9-12-16/h7-9,11-12,15,17-18,24H,4-6,10,13-14H2,1-3H3,(H,22,25)/b21-15+/t17-,18+/m1/s1. The Hall–Kier alpha value is -2.81. The summed E-state index contributed by atoms with van der Waals surface area (Å²) in [6.45, 7) is 5.37. The average molecular weight is 409 g/mol. The molecule has 0 unspecified atom stereocenters. The number of nitrogens with one attached hydrogen (secondary N) is 1. The first-order valence-corrected chi connectivity index (χ1v) is 9.81. The number of amides is 2. The van der Waals surface area contributed by atoms with Crippen molar-refractivity contribution in [2.24, 2.45) is 5.16 Å². The largest absolute Gasteiger partial charge is 0.449 e. The minimum Gasteiger partial charge on any atom is -0.449 e. The molecule has 0 saturated carbocycles. The van der Waals surface area contributed by atoms with Gasteiger partial charge in [0.05, 0.1) is 25.5 Å². The predicted molar refractivity (Wildman–Crippen MR) is 108 cm³/mol. The van der Waals surface area contributed by atoms with Gasteiger partial charge in [-0.1, -0.05) is 48.8 Å². The van der Waals surface area contributed by atoms with Crippen LogP contribution in [0.4, 0.5) is 9.59 Å². The smallest absolute Gasteiger partial charge is 0.429 e. The van der Waals surface area contributed by atoms with E-state index in [2.05, 4.69) is 10.6 Å². The summed E-state index contributed by atoms with van der Waals surface area (Å²) in [5, 5.41) is 14.5. The number of carbonyl (C=O) groups excluding carboxylic acids is 2. The van der Waals surface area contributed by atoms with Gasteiger partial charge in [-0.15, -0.1) is 0 Å². The van der Waals surface area contributed by atoms with Gasteiger partial charge in [-0.2, -0.15) is 0 Å². The molecule has 0 spiro atoms. The van der Waals surface area contributed by atoms with Crippen LogP contribution >= 0.6 is 0 Å². The fourth-order valence-corrected chi connectivity index (χ4v) is 2.65. The van der Waals surface area contributed by atoms with Crippen LogP contribution < -0.4 is 5.43 Å². The lowest BCUT2D eigenvalue weighted by molar-refractivity contribution is -0.0394. The number of hydrogen-bond donors (Lipinski definition) is 2. The Labute approximate surface area is 171 Å². The molecule has 29 heavy (non-hydrogen) atoms. The monoisotopic (exact) mass is 409 g/mol. The van der Waals surface area contributed by atoms with Crippen LogP contribution in [0.1, 0.15) is 45.6 Å². The van der Waals surface area contributed by atoms with Crippen molar-refractivity contribution in [3.8, 4) is 0 Å². The number of benzene rings is 1. The molecule has 0 fully saturated rings. The van der Waals surface area contributed by atoms with Gasteiger partial charge in [0.15, 0.2) is 6.10 Å². The predicted octanol–water partition coefficient (Wildman–Crippen LogP) is 3.08. The number of rotatable bonds is 11. The van der Waals surface area contributed by atoms with E-state index in [0.717, 1.165) is 10.6 Å². The van der Waals surface area contributed by atoms with Crippen LogP contribution in [0.5, 0.6) is 0 Å². The van der Waals surface area contributed by atoms with Gasteiger partial charge in [0.1, 0.15) is 0 Å². The molecule has 1 rings (SSSR count). The second kappa shape index (κ2) is 14.2. The van der Waals surface area contributed by atoms with Crippen molar-refractivity contribution in [3.63, 3.8) is 0 Å². The highest BCUT2D eigenvalue weighted by atomic mass is 16.6. The summed E-state index contributed by atoms with van der Waals surface area (Å²) in [6, 6.07) is 8.75. The molecule has 0 heterocycles. The average Bonchev–Trinajstić information content (AvgIpc) is 2.71. The van der Waals surface area contributed by atoms with Crippen LogP contribution in [0, 0.1) is 0 Å². The summed E-state index contributed by atoms with van der Waals surface area (Å²) in [5.41, 5.74) is 3.26. The van der Waals surface area contributed by atoms with Crippen LogP contribution in [-0.4, -0.2) is 60.5 Å². The molecular formula is C20H31N3O6. The lowest BCUT2D eigenvalue weighted by atomic mass is 10.0. The van der Waals surface area contributed by atoms with Crippen LogP contribution in [0.25, 0.3) is 0 Å². The zero-order chi connectivity index (χ0) is 21.5. The third kappa shape index (κ3) is 8.82. The molecular weight excluding hydrogens is 378 g/mol. The van der Waals surface area contributed by atoms with Crippen molar-refractivity contribution in [1.29, 1.82) is 0 Å². The molecule has 0 bridgehead atoms. The zero-order valence-corrected chi connectivity index (χ0v) is 17.2. The van der Waals surface area contributed by atoms with E-state index >= 15 is 0 Å². The lowest BCUT2D eigenvalue weighted by Gasteiger charge is -2.34. The van der Waals surface area contributed by atoms with Crippen molar-refractivity contribution in [2.75, 3.05) is 19.8 Å². The lowest BCUT2D eigenvalue weighted by Crippen LogP contribution is -2.56. The van der Waals surface area contributed by atoms with Gasteiger partial charge in [0.2, 0.25) is 0 Å².